The van der Waals surface area contributed by atoms with Gasteiger partial charge in [-0.3, -0.25) is 9.59 Å². The van der Waals surface area contributed by atoms with E-state index in [2.05, 4.69) is 15.3 Å². The summed E-state index contributed by atoms with van der Waals surface area (Å²) in [6, 6.07) is 24.3. The van der Waals surface area contributed by atoms with E-state index in [1.54, 1.807) is 36.7 Å². The number of imide groups is 1. The first kappa shape index (κ1) is 31.4. The Balaban J connectivity index is 1.16. The second-order valence-corrected chi connectivity index (χ2v) is 11.8. The molecule has 236 valence electrons. The fourth-order valence-corrected chi connectivity index (χ4v) is 6.10. The van der Waals surface area contributed by atoms with Crippen LogP contribution in [0.3, 0.4) is 0 Å². The number of aliphatic hydroxyl groups excluding tert-OH is 1. The first-order valence-corrected chi connectivity index (χ1v) is 15.8. The summed E-state index contributed by atoms with van der Waals surface area (Å²) < 4.78 is 18.1. The van der Waals surface area contributed by atoms with Crippen LogP contribution in [0.15, 0.2) is 102 Å². The second-order valence-electron chi connectivity index (χ2n) is 10.8. The van der Waals surface area contributed by atoms with Crippen molar-refractivity contribution >= 4 is 35.4 Å². The number of benzene rings is 3. The summed E-state index contributed by atoms with van der Waals surface area (Å²) in [7, 11) is 0. The van der Waals surface area contributed by atoms with Crippen LogP contribution < -0.4 is 10.2 Å². The predicted molar refractivity (Wildman–Crippen MR) is 168 cm³/mol. The lowest BCUT2D eigenvalue weighted by Gasteiger charge is -2.36. The van der Waals surface area contributed by atoms with E-state index in [9.17, 15) is 19.5 Å². The van der Waals surface area contributed by atoms with Crippen molar-refractivity contribution in [1.82, 2.24) is 15.3 Å². The highest BCUT2D eigenvalue weighted by molar-refractivity contribution is 7.99. The summed E-state index contributed by atoms with van der Waals surface area (Å²) in [6.45, 7) is -0.0149. The van der Waals surface area contributed by atoms with Crippen LogP contribution in [0.25, 0.3) is 0 Å². The molecule has 3 heterocycles. The third-order valence-corrected chi connectivity index (χ3v) is 8.61. The molecule has 46 heavy (non-hydrogen) atoms. The average Bonchev–Trinajstić information content (AvgIpc) is 3.38. The molecule has 2 aliphatic heterocycles. The van der Waals surface area contributed by atoms with E-state index < -0.39 is 30.2 Å². The van der Waals surface area contributed by atoms with E-state index in [-0.39, 0.29) is 31.8 Å². The molecule has 11 nitrogen and oxygen atoms in total. The first-order chi connectivity index (χ1) is 22.5. The van der Waals surface area contributed by atoms with Crippen molar-refractivity contribution in [2.75, 3.05) is 10.7 Å². The van der Waals surface area contributed by atoms with E-state index in [4.69, 9.17) is 14.2 Å². The van der Waals surface area contributed by atoms with Crippen LogP contribution in [0.4, 0.5) is 10.5 Å². The lowest BCUT2D eigenvalue weighted by molar-refractivity contribution is -0.245. The fourth-order valence-electron chi connectivity index (χ4n) is 5.28. The Kier molecular flexibility index (Phi) is 9.99. The molecule has 6 rings (SSSR count). The van der Waals surface area contributed by atoms with E-state index in [0.717, 1.165) is 21.6 Å². The summed E-state index contributed by atoms with van der Waals surface area (Å²) in [5, 5.41) is 12.6. The molecule has 2 N–H and O–H groups in total. The quantitative estimate of drug-likeness (QED) is 0.140. The molecule has 3 aromatic carbocycles. The first-order valence-electron chi connectivity index (χ1n) is 14.8. The van der Waals surface area contributed by atoms with Gasteiger partial charge in [-0.2, -0.15) is 0 Å². The topological polar surface area (TPSA) is 140 Å². The van der Waals surface area contributed by atoms with E-state index >= 15 is 0 Å². The van der Waals surface area contributed by atoms with Crippen molar-refractivity contribution in [2.45, 2.75) is 55.8 Å². The molecule has 0 aliphatic carbocycles. The van der Waals surface area contributed by atoms with Gasteiger partial charge < -0.3 is 24.6 Å². The van der Waals surface area contributed by atoms with Gasteiger partial charge in [-0.25, -0.2) is 19.7 Å². The van der Waals surface area contributed by atoms with Crippen LogP contribution in [0.2, 0.25) is 0 Å². The third kappa shape index (κ3) is 7.60. The molecule has 4 atom stereocenters. The molecule has 0 bridgehead atoms. The van der Waals surface area contributed by atoms with Gasteiger partial charge in [0.1, 0.15) is 12.6 Å². The van der Waals surface area contributed by atoms with Crippen molar-refractivity contribution in [2.24, 2.45) is 0 Å². The summed E-state index contributed by atoms with van der Waals surface area (Å²) in [5.41, 5.74) is 3.51. The highest BCUT2D eigenvalue weighted by Gasteiger charge is 2.41. The number of amides is 3. The molecule has 3 amide bonds. The highest BCUT2D eigenvalue weighted by Crippen LogP contribution is 2.40. The Hall–Kier alpha value is -4.62. The number of ether oxygens (including phenoxy) is 3. The van der Waals surface area contributed by atoms with Gasteiger partial charge >= 0.3 is 6.09 Å². The molecule has 0 spiro atoms. The van der Waals surface area contributed by atoms with Crippen LogP contribution in [-0.4, -0.2) is 50.9 Å². The monoisotopic (exact) mass is 640 g/mol. The Morgan fingerprint density at radius 1 is 0.935 bits per heavy atom. The molecule has 1 unspecified atom stereocenters. The molecule has 2 aliphatic rings. The SMILES string of the molecule is O=C(NC1CC(=O)N(c2cccc([C@H]3O[C@@H](CSc4ncccn4)C[C@@H](c4ccc(CO)cc4)O3)c2)C1=O)OCc1ccccc1. The van der Waals surface area contributed by atoms with Crippen molar-refractivity contribution in [1.29, 1.82) is 0 Å². The summed E-state index contributed by atoms with van der Waals surface area (Å²) in [4.78, 5) is 48.4. The number of alkyl carbamates (subject to hydrolysis) is 1. The minimum atomic E-state index is -1.05. The van der Waals surface area contributed by atoms with E-state index in [1.807, 2.05) is 60.7 Å². The van der Waals surface area contributed by atoms with Crippen molar-refractivity contribution < 1.29 is 33.7 Å². The van der Waals surface area contributed by atoms with E-state index in [1.165, 1.54) is 11.8 Å². The molecular formula is C34H32N4O7S. The number of carbonyl (C=O) groups excluding carboxylic acids is 3. The van der Waals surface area contributed by atoms with Gasteiger partial charge in [0.2, 0.25) is 5.91 Å². The summed E-state index contributed by atoms with van der Waals surface area (Å²) >= 11 is 1.48. The minimum absolute atomic E-state index is 0.0408. The standard InChI is InChI=1S/C34H32N4O7S/c39-19-22-10-12-24(13-11-22)29-17-27(21-46-33-35-14-5-15-36-33)44-32(45-29)25-8-4-9-26(16-25)38-30(40)18-28(31(38)41)37-34(42)43-20-23-6-2-1-3-7-23/h1-16,27-29,32,39H,17-21H2,(H,37,42)/t27-,28?,29+,32+/m1/s1. The van der Waals surface area contributed by atoms with Crippen LogP contribution in [0.1, 0.15) is 47.5 Å². The number of nitrogens with one attached hydrogen (secondary N) is 1. The van der Waals surface area contributed by atoms with Crippen LogP contribution >= 0.6 is 11.8 Å². The van der Waals surface area contributed by atoms with Gasteiger partial charge in [0.15, 0.2) is 11.4 Å². The number of nitrogens with zero attached hydrogens (tertiary/aromatic N) is 3. The average molecular weight is 641 g/mol. The molecule has 2 fully saturated rings. The molecule has 4 aromatic rings. The number of anilines is 1. The van der Waals surface area contributed by atoms with Crippen molar-refractivity contribution in [3.63, 3.8) is 0 Å². The molecule has 0 radical (unpaired) electrons. The van der Waals surface area contributed by atoms with Gasteiger partial charge in [0.25, 0.3) is 5.91 Å². The zero-order valence-corrected chi connectivity index (χ0v) is 25.5. The van der Waals surface area contributed by atoms with E-state index in [0.29, 0.717) is 28.6 Å². The van der Waals surface area contributed by atoms with Gasteiger partial charge in [-0.05, 0) is 34.9 Å². The number of hydrogen-bond donors (Lipinski definition) is 2. The number of carbonyl (C=O) groups is 3. The minimum Gasteiger partial charge on any atom is -0.445 e. The third-order valence-electron chi connectivity index (χ3n) is 7.61. The molecule has 2 saturated heterocycles. The van der Waals surface area contributed by atoms with Gasteiger partial charge in [-0.1, -0.05) is 78.5 Å². The zero-order chi connectivity index (χ0) is 31.9. The number of hydrogen-bond acceptors (Lipinski definition) is 10. The normalized spacial score (nSPS) is 21.3. The maximum atomic E-state index is 13.3. The number of aromatic nitrogens is 2. The summed E-state index contributed by atoms with van der Waals surface area (Å²) in [6.07, 6.45) is 1.64. The zero-order valence-electron chi connectivity index (χ0n) is 24.7. The molecule has 1 aromatic heterocycles. The molecular weight excluding hydrogens is 608 g/mol. The summed E-state index contributed by atoms with van der Waals surface area (Å²) in [5.74, 6) is -0.422. The van der Waals surface area contributed by atoms with Crippen molar-refractivity contribution in [3.05, 3.63) is 120 Å². The highest BCUT2D eigenvalue weighted by atomic mass is 32.2. The Morgan fingerprint density at radius 3 is 2.48 bits per heavy atom. The van der Waals surface area contributed by atoms with Gasteiger partial charge in [-0.15, -0.1) is 0 Å². The van der Waals surface area contributed by atoms with Crippen LogP contribution in [0, 0.1) is 0 Å². The Labute approximate surface area is 269 Å². The predicted octanol–water partition coefficient (Wildman–Crippen LogP) is 4.86. The maximum Gasteiger partial charge on any atom is 0.408 e. The number of thioether (sulfide) groups is 1. The maximum absolute atomic E-state index is 13.3. The largest absolute Gasteiger partial charge is 0.445 e. The van der Waals surface area contributed by atoms with Crippen LogP contribution in [0.5, 0.6) is 0 Å². The molecule has 12 heteroatoms. The van der Waals surface area contributed by atoms with Gasteiger partial charge in [0.05, 0.1) is 30.9 Å². The number of aliphatic hydroxyl groups is 1. The lowest BCUT2D eigenvalue weighted by Crippen LogP contribution is -2.42. The lowest BCUT2D eigenvalue weighted by atomic mass is 10.0. The Bertz CT molecular complexity index is 1660. The smallest absolute Gasteiger partial charge is 0.408 e. The fraction of sp³-hybridized carbons (Fsp3) is 0.265. The van der Waals surface area contributed by atoms with Crippen LogP contribution in [-0.2, 0) is 37.0 Å². The van der Waals surface area contributed by atoms with Crippen molar-refractivity contribution in [3.8, 4) is 0 Å². The number of rotatable bonds is 10. The second kappa shape index (κ2) is 14.6. The molecule has 0 saturated carbocycles. The van der Waals surface area contributed by atoms with Gasteiger partial charge in [0, 0.05) is 30.1 Å². The Morgan fingerprint density at radius 2 is 1.72 bits per heavy atom.